The van der Waals surface area contributed by atoms with E-state index in [1.165, 1.54) is 13.0 Å². The first-order valence-electron chi connectivity index (χ1n) is 3.27. The van der Waals surface area contributed by atoms with Crippen LogP contribution in [0.25, 0.3) is 0 Å². The SMILES string of the molecule is Cc1c(N)c(C=O)cc(Br)c1F. The van der Waals surface area contributed by atoms with Crippen LogP contribution in [0.2, 0.25) is 0 Å². The summed E-state index contributed by atoms with van der Waals surface area (Å²) >= 11 is 2.98. The molecular weight excluding hydrogens is 225 g/mol. The number of hydrogen-bond donors (Lipinski definition) is 1. The van der Waals surface area contributed by atoms with E-state index in [0.717, 1.165) is 0 Å². The third kappa shape index (κ3) is 1.34. The lowest BCUT2D eigenvalue weighted by Crippen LogP contribution is -1.99. The highest BCUT2D eigenvalue weighted by Gasteiger charge is 2.10. The van der Waals surface area contributed by atoms with Crippen molar-refractivity contribution >= 4 is 27.9 Å². The van der Waals surface area contributed by atoms with E-state index < -0.39 is 5.82 Å². The smallest absolute Gasteiger partial charge is 0.152 e. The molecule has 0 saturated carbocycles. The van der Waals surface area contributed by atoms with Gasteiger partial charge in [0.15, 0.2) is 6.29 Å². The zero-order valence-corrected chi connectivity index (χ0v) is 7.98. The molecule has 0 spiro atoms. The number of halogens is 2. The first kappa shape index (κ1) is 9.19. The molecule has 0 atom stereocenters. The first-order valence-corrected chi connectivity index (χ1v) is 4.06. The fourth-order valence-corrected chi connectivity index (χ4v) is 1.43. The summed E-state index contributed by atoms with van der Waals surface area (Å²) in [6, 6.07) is 1.37. The molecule has 0 heterocycles. The summed E-state index contributed by atoms with van der Waals surface area (Å²) in [7, 11) is 0. The molecule has 0 unspecified atom stereocenters. The van der Waals surface area contributed by atoms with Gasteiger partial charge in [0.25, 0.3) is 0 Å². The molecule has 2 nitrogen and oxygen atoms in total. The van der Waals surface area contributed by atoms with Crippen LogP contribution < -0.4 is 5.73 Å². The lowest BCUT2D eigenvalue weighted by Gasteiger charge is -2.05. The van der Waals surface area contributed by atoms with Crippen molar-refractivity contribution in [1.29, 1.82) is 0 Å². The predicted molar refractivity (Wildman–Crippen MR) is 48.6 cm³/mol. The second-order valence-electron chi connectivity index (χ2n) is 2.42. The van der Waals surface area contributed by atoms with Crippen LogP contribution in [0.15, 0.2) is 10.5 Å². The van der Waals surface area contributed by atoms with Gasteiger partial charge in [0.2, 0.25) is 0 Å². The number of nitrogens with two attached hydrogens (primary N) is 1. The minimum Gasteiger partial charge on any atom is -0.398 e. The summed E-state index contributed by atoms with van der Waals surface area (Å²) < 4.78 is 13.3. The van der Waals surface area contributed by atoms with Crippen molar-refractivity contribution in [1.82, 2.24) is 0 Å². The molecule has 0 fully saturated rings. The number of nitrogen functional groups attached to an aromatic ring is 1. The van der Waals surface area contributed by atoms with E-state index in [4.69, 9.17) is 5.73 Å². The van der Waals surface area contributed by atoms with Crippen LogP contribution >= 0.6 is 15.9 Å². The van der Waals surface area contributed by atoms with E-state index in [0.29, 0.717) is 17.4 Å². The van der Waals surface area contributed by atoms with Gasteiger partial charge in [-0.2, -0.15) is 0 Å². The average Bonchev–Trinajstić information content (AvgIpc) is 2.08. The fourth-order valence-electron chi connectivity index (χ4n) is 0.889. The van der Waals surface area contributed by atoms with Crippen molar-refractivity contribution in [2.75, 3.05) is 5.73 Å². The molecule has 0 amide bonds. The minimum atomic E-state index is -0.418. The number of rotatable bonds is 1. The average molecular weight is 232 g/mol. The van der Waals surface area contributed by atoms with Gasteiger partial charge in [0.1, 0.15) is 5.82 Å². The van der Waals surface area contributed by atoms with Crippen molar-refractivity contribution in [3.05, 3.63) is 27.5 Å². The van der Waals surface area contributed by atoms with Gasteiger partial charge in [-0.15, -0.1) is 0 Å². The Bertz CT molecular complexity index is 338. The van der Waals surface area contributed by atoms with E-state index >= 15 is 0 Å². The van der Waals surface area contributed by atoms with Crippen LogP contribution in [0, 0.1) is 12.7 Å². The lowest BCUT2D eigenvalue weighted by atomic mass is 10.1. The second kappa shape index (κ2) is 3.23. The van der Waals surface area contributed by atoms with E-state index in [9.17, 15) is 9.18 Å². The molecule has 0 bridgehead atoms. The standard InChI is InChI=1S/C8H7BrFNO/c1-4-7(10)6(9)2-5(3-12)8(4)11/h2-3H,11H2,1H3. The molecule has 12 heavy (non-hydrogen) atoms. The van der Waals surface area contributed by atoms with Gasteiger partial charge >= 0.3 is 0 Å². The van der Waals surface area contributed by atoms with Crippen molar-refractivity contribution < 1.29 is 9.18 Å². The van der Waals surface area contributed by atoms with Gasteiger partial charge in [0.05, 0.1) is 4.47 Å². The molecule has 0 radical (unpaired) electrons. The second-order valence-corrected chi connectivity index (χ2v) is 3.27. The maximum absolute atomic E-state index is 13.1. The molecule has 0 aromatic heterocycles. The van der Waals surface area contributed by atoms with Crippen LogP contribution in [0.4, 0.5) is 10.1 Å². The number of anilines is 1. The van der Waals surface area contributed by atoms with Crippen LogP contribution in [0.3, 0.4) is 0 Å². The molecule has 2 N–H and O–H groups in total. The molecule has 0 aliphatic carbocycles. The predicted octanol–water partition coefficient (Wildman–Crippen LogP) is 2.29. The molecule has 1 rings (SSSR count). The van der Waals surface area contributed by atoms with Crippen molar-refractivity contribution in [3.8, 4) is 0 Å². The molecule has 0 saturated heterocycles. The van der Waals surface area contributed by atoms with E-state index in [1.807, 2.05) is 0 Å². The normalized spacial score (nSPS) is 9.92. The number of hydrogen-bond acceptors (Lipinski definition) is 2. The molecule has 0 aliphatic rings. The van der Waals surface area contributed by atoms with Gasteiger partial charge in [-0.25, -0.2) is 4.39 Å². The summed E-state index contributed by atoms with van der Waals surface area (Å²) in [5, 5.41) is 0. The maximum Gasteiger partial charge on any atom is 0.152 e. The van der Waals surface area contributed by atoms with Crippen LogP contribution in [0.1, 0.15) is 15.9 Å². The van der Waals surface area contributed by atoms with E-state index in [-0.39, 0.29) is 10.2 Å². The van der Waals surface area contributed by atoms with Gasteiger partial charge in [-0.3, -0.25) is 4.79 Å². The Balaban J connectivity index is 3.49. The van der Waals surface area contributed by atoms with Crippen LogP contribution in [-0.2, 0) is 0 Å². The van der Waals surface area contributed by atoms with E-state index in [2.05, 4.69) is 15.9 Å². The zero-order chi connectivity index (χ0) is 9.30. The Kier molecular flexibility index (Phi) is 2.47. The summed E-state index contributed by atoms with van der Waals surface area (Å²) in [6.45, 7) is 1.53. The van der Waals surface area contributed by atoms with Gasteiger partial charge in [-0.1, -0.05) is 0 Å². The van der Waals surface area contributed by atoms with Crippen molar-refractivity contribution in [2.45, 2.75) is 6.92 Å². The Morgan fingerprint density at radius 3 is 2.75 bits per heavy atom. The molecule has 1 aromatic carbocycles. The summed E-state index contributed by atoms with van der Waals surface area (Å²) in [4.78, 5) is 10.4. The highest BCUT2D eigenvalue weighted by Crippen LogP contribution is 2.26. The Morgan fingerprint density at radius 1 is 1.67 bits per heavy atom. The van der Waals surface area contributed by atoms with Crippen LogP contribution in [-0.4, -0.2) is 6.29 Å². The molecule has 64 valence electrons. The fraction of sp³-hybridized carbons (Fsp3) is 0.125. The summed E-state index contributed by atoms with van der Waals surface area (Å²) in [5.41, 5.74) is 6.27. The van der Waals surface area contributed by atoms with Gasteiger partial charge < -0.3 is 5.73 Å². The Labute approximate surface area is 77.7 Å². The Morgan fingerprint density at radius 2 is 2.25 bits per heavy atom. The van der Waals surface area contributed by atoms with Gasteiger partial charge in [0, 0.05) is 16.8 Å². The summed E-state index contributed by atoms with van der Waals surface area (Å²) in [6.07, 6.45) is 0.604. The topological polar surface area (TPSA) is 43.1 Å². The molecule has 0 aliphatic heterocycles. The number of carbonyl (C=O) groups excluding carboxylic acids is 1. The molecule has 1 aromatic rings. The zero-order valence-electron chi connectivity index (χ0n) is 6.40. The number of aldehydes is 1. The van der Waals surface area contributed by atoms with Crippen molar-refractivity contribution in [3.63, 3.8) is 0 Å². The largest absolute Gasteiger partial charge is 0.398 e. The summed E-state index contributed by atoms with van der Waals surface area (Å²) in [5.74, 6) is -0.418. The van der Waals surface area contributed by atoms with Gasteiger partial charge in [-0.05, 0) is 28.9 Å². The first-order chi connectivity index (χ1) is 5.57. The van der Waals surface area contributed by atoms with Crippen LogP contribution in [0.5, 0.6) is 0 Å². The van der Waals surface area contributed by atoms with E-state index in [1.54, 1.807) is 0 Å². The highest BCUT2D eigenvalue weighted by atomic mass is 79.9. The lowest BCUT2D eigenvalue weighted by molar-refractivity contribution is 0.112. The molecule has 4 heteroatoms. The highest BCUT2D eigenvalue weighted by molar-refractivity contribution is 9.10. The maximum atomic E-state index is 13.1. The number of benzene rings is 1. The third-order valence-corrected chi connectivity index (χ3v) is 2.24. The Hall–Kier alpha value is -0.900. The van der Waals surface area contributed by atoms with Crippen molar-refractivity contribution in [2.24, 2.45) is 0 Å². The minimum absolute atomic E-state index is 0.200. The number of carbonyl (C=O) groups is 1. The molecular formula is C8H7BrFNO. The third-order valence-electron chi connectivity index (χ3n) is 1.66. The quantitative estimate of drug-likeness (QED) is 0.596. The monoisotopic (exact) mass is 231 g/mol.